The Balaban J connectivity index is 1.54. The fraction of sp³-hybridized carbons (Fsp3) is 0.211. The highest BCUT2D eigenvalue weighted by Crippen LogP contribution is 2.29. The van der Waals surface area contributed by atoms with E-state index in [1.54, 1.807) is 12.1 Å². The molecule has 1 aromatic carbocycles. The van der Waals surface area contributed by atoms with E-state index >= 15 is 0 Å². The number of fused-ring (bicyclic) bond motifs is 1. The van der Waals surface area contributed by atoms with Crippen LogP contribution >= 0.6 is 11.3 Å². The van der Waals surface area contributed by atoms with Gasteiger partial charge in [0.2, 0.25) is 0 Å². The highest BCUT2D eigenvalue weighted by atomic mass is 32.1. The third kappa shape index (κ3) is 3.25. The standard InChI is InChI=1S/C19H17N3O2S/c23-18(17-7-3-4-10-22(17)24)21-19-20-16(12-25-19)15-9-8-13-5-1-2-6-14(13)11-15/h3-4,7-12H,1-2,5-6H2,(H,20,21,23). The van der Waals surface area contributed by atoms with Gasteiger partial charge < -0.3 is 5.21 Å². The maximum absolute atomic E-state index is 12.2. The Kier molecular flexibility index (Phi) is 4.19. The third-order valence-electron chi connectivity index (χ3n) is 4.43. The van der Waals surface area contributed by atoms with Gasteiger partial charge in [0.15, 0.2) is 11.3 Å². The maximum atomic E-state index is 12.2. The summed E-state index contributed by atoms with van der Waals surface area (Å²) in [6.07, 6.45) is 6.07. The van der Waals surface area contributed by atoms with Gasteiger partial charge in [0.05, 0.1) is 5.69 Å². The number of carbonyl (C=O) groups is 1. The molecular formula is C19H17N3O2S. The minimum Gasteiger partial charge on any atom is -0.618 e. The van der Waals surface area contributed by atoms with Crippen LogP contribution in [0.3, 0.4) is 0 Å². The minimum atomic E-state index is -0.457. The third-order valence-corrected chi connectivity index (χ3v) is 5.18. The number of rotatable bonds is 3. The molecule has 0 bridgehead atoms. The molecule has 25 heavy (non-hydrogen) atoms. The lowest BCUT2D eigenvalue weighted by atomic mass is 9.90. The van der Waals surface area contributed by atoms with Gasteiger partial charge in [0.25, 0.3) is 5.69 Å². The van der Waals surface area contributed by atoms with Gasteiger partial charge in [-0.3, -0.25) is 10.1 Å². The molecular weight excluding hydrogens is 334 g/mol. The number of benzene rings is 1. The lowest BCUT2D eigenvalue weighted by Gasteiger charge is -2.16. The molecule has 1 aliphatic rings. The average molecular weight is 351 g/mol. The second-order valence-electron chi connectivity index (χ2n) is 6.09. The molecule has 1 amide bonds. The number of aromatic nitrogens is 2. The fourth-order valence-corrected chi connectivity index (χ4v) is 3.84. The van der Waals surface area contributed by atoms with Crippen LogP contribution in [0.1, 0.15) is 34.5 Å². The van der Waals surface area contributed by atoms with Gasteiger partial charge >= 0.3 is 5.91 Å². The van der Waals surface area contributed by atoms with Crippen LogP contribution in [0.25, 0.3) is 11.3 Å². The minimum absolute atomic E-state index is 0.0491. The molecule has 5 nitrogen and oxygen atoms in total. The first-order valence-electron chi connectivity index (χ1n) is 8.28. The SMILES string of the molecule is O=C(Nc1nc(-c2ccc3c(c2)CCCC3)cs1)c1cccc[n+]1[O-]. The van der Waals surface area contributed by atoms with Crippen LogP contribution in [-0.4, -0.2) is 10.9 Å². The van der Waals surface area contributed by atoms with Gasteiger partial charge in [-0.15, -0.1) is 11.3 Å². The number of hydrogen-bond acceptors (Lipinski definition) is 4. The summed E-state index contributed by atoms with van der Waals surface area (Å²) in [6, 6.07) is 11.2. The fourth-order valence-electron chi connectivity index (χ4n) is 3.12. The molecule has 3 aromatic rings. The number of thiazole rings is 1. The molecule has 2 aromatic heterocycles. The number of nitrogens with zero attached hydrogens (tertiary/aromatic N) is 2. The van der Waals surface area contributed by atoms with Crippen LogP contribution in [0.15, 0.2) is 48.0 Å². The zero-order valence-electron chi connectivity index (χ0n) is 13.6. The molecule has 0 aliphatic heterocycles. The van der Waals surface area contributed by atoms with Crippen molar-refractivity contribution in [3.05, 3.63) is 70.0 Å². The van der Waals surface area contributed by atoms with Crippen LogP contribution in [0.4, 0.5) is 5.13 Å². The predicted octanol–water partition coefficient (Wildman–Crippen LogP) is 3.57. The monoisotopic (exact) mass is 351 g/mol. The molecule has 0 saturated heterocycles. The van der Waals surface area contributed by atoms with Gasteiger partial charge in [0.1, 0.15) is 0 Å². The normalized spacial score (nSPS) is 13.3. The van der Waals surface area contributed by atoms with Crippen LogP contribution in [-0.2, 0) is 12.8 Å². The molecule has 0 spiro atoms. The highest BCUT2D eigenvalue weighted by molar-refractivity contribution is 7.14. The molecule has 0 unspecified atom stereocenters. The summed E-state index contributed by atoms with van der Waals surface area (Å²) < 4.78 is 0.549. The molecule has 0 atom stereocenters. The van der Waals surface area contributed by atoms with Crippen molar-refractivity contribution in [3.63, 3.8) is 0 Å². The van der Waals surface area contributed by atoms with E-state index in [2.05, 4.69) is 28.5 Å². The summed E-state index contributed by atoms with van der Waals surface area (Å²) >= 11 is 1.36. The van der Waals surface area contributed by atoms with E-state index < -0.39 is 5.91 Å². The smallest absolute Gasteiger partial charge is 0.323 e. The molecule has 1 N–H and O–H groups in total. The first kappa shape index (κ1) is 15.8. The predicted molar refractivity (Wildman–Crippen MR) is 97.5 cm³/mol. The van der Waals surface area contributed by atoms with Crippen LogP contribution < -0.4 is 10.0 Å². The van der Waals surface area contributed by atoms with Crippen molar-refractivity contribution < 1.29 is 9.52 Å². The number of aryl methyl sites for hydroxylation is 2. The highest BCUT2D eigenvalue weighted by Gasteiger charge is 2.17. The molecule has 0 fully saturated rings. The van der Waals surface area contributed by atoms with Gasteiger partial charge in [-0.2, -0.15) is 4.73 Å². The topological polar surface area (TPSA) is 68.9 Å². The lowest BCUT2D eigenvalue weighted by Crippen LogP contribution is -2.36. The zero-order valence-corrected chi connectivity index (χ0v) is 14.4. The van der Waals surface area contributed by atoms with E-state index in [4.69, 9.17) is 0 Å². The van der Waals surface area contributed by atoms with Gasteiger partial charge in [0, 0.05) is 23.1 Å². The van der Waals surface area contributed by atoms with E-state index in [9.17, 15) is 10.0 Å². The molecule has 0 saturated carbocycles. The quantitative estimate of drug-likeness (QED) is 0.579. The molecule has 126 valence electrons. The van der Waals surface area contributed by atoms with Crippen molar-refractivity contribution >= 4 is 22.4 Å². The maximum Gasteiger partial charge on any atom is 0.323 e. The first-order valence-corrected chi connectivity index (χ1v) is 9.16. The van der Waals surface area contributed by atoms with Crippen molar-refractivity contribution in [1.82, 2.24) is 4.98 Å². The van der Waals surface area contributed by atoms with Crippen molar-refractivity contribution in [3.8, 4) is 11.3 Å². The van der Waals surface area contributed by atoms with Gasteiger partial charge in [-0.1, -0.05) is 12.1 Å². The van der Waals surface area contributed by atoms with E-state index in [0.717, 1.165) is 24.1 Å². The average Bonchev–Trinajstić information content (AvgIpc) is 3.10. The van der Waals surface area contributed by atoms with Gasteiger partial charge in [-0.25, -0.2) is 4.98 Å². The summed E-state index contributed by atoms with van der Waals surface area (Å²) in [5, 5.41) is 16.8. The van der Waals surface area contributed by atoms with E-state index in [-0.39, 0.29) is 5.69 Å². The number of anilines is 1. The molecule has 1 aliphatic carbocycles. The van der Waals surface area contributed by atoms with Crippen molar-refractivity contribution in [2.24, 2.45) is 0 Å². The van der Waals surface area contributed by atoms with Crippen LogP contribution in [0.2, 0.25) is 0 Å². The summed E-state index contributed by atoms with van der Waals surface area (Å²) in [7, 11) is 0. The Hall–Kier alpha value is -2.73. The Bertz CT molecular complexity index is 936. The Morgan fingerprint density at radius 2 is 2.00 bits per heavy atom. The summed E-state index contributed by atoms with van der Waals surface area (Å²) in [6.45, 7) is 0. The Morgan fingerprint density at radius 1 is 1.16 bits per heavy atom. The summed E-state index contributed by atoms with van der Waals surface area (Å²) in [5.74, 6) is -0.457. The summed E-state index contributed by atoms with van der Waals surface area (Å²) in [4.78, 5) is 16.7. The van der Waals surface area contributed by atoms with E-state index in [1.165, 1.54) is 47.6 Å². The Labute approximate surface area is 149 Å². The zero-order chi connectivity index (χ0) is 17.2. The van der Waals surface area contributed by atoms with Crippen molar-refractivity contribution in [2.45, 2.75) is 25.7 Å². The number of amides is 1. The molecule has 6 heteroatoms. The van der Waals surface area contributed by atoms with E-state index in [1.807, 2.05) is 5.38 Å². The van der Waals surface area contributed by atoms with Gasteiger partial charge in [-0.05, 0) is 48.9 Å². The van der Waals surface area contributed by atoms with Crippen molar-refractivity contribution in [2.75, 3.05) is 5.32 Å². The van der Waals surface area contributed by atoms with E-state index in [0.29, 0.717) is 9.86 Å². The summed E-state index contributed by atoms with van der Waals surface area (Å²) in [5.41, 5.74) is 4.79. The number of nitrogens with one attached hydrogen (secondary N) is 1. The molecule has 0 radical (unpaired) electrons. The van der Waals surface area contributed by atoms with Crippen LogP contribution in [0, 0.1) is 5.21 Å². The van der Waals surface area contributed by atoms with Crippen molar-refractivity contribution in [1.29, 1.82) is 0 Å². The second-order valence-corrected chi connectivity index (χ2v) is 6.95. The molecule has 4 rings (SSSR count). The largest absolute Gasteiger partial charge is 0.618 e. The number of hydrogen-bond donors (Lipinski definition) is 1. The van der Waals surface area contributed by atoms with Crippen LogP contribution in [0.5, 0.6) is 0 Å². The lowest BCUT2D eigenvalue weighted by molar-refractivity contribution is -0.607. The molecule has 2 heterocycles. The number of carbonyl (C=O) groups excluding carboxylic acids is 1. The Morgan fingerprint density at radius 3 is 2.84 bits per heavy atom. The first-order chi connectivity index (χ1) is 12.2. The number of pyridine rings is 1. The second kappa shape index (κ2) is 6.64.